The number of nitrogens with one attached hydrogen (secondary N) is 1. The summed E-state index contributed by atoms with van der Waals surface area (Å²) in [5, 5.41) is 6.43. The second-order valence-corrected chi connectivity index (χ2v) is 4.43. The fraction of sp³-hybridized carbons (Fsp3) is 0.125. The summed E-state index contributed by atoms with van der Waals surface area (Å²) in [5.41, 5.74) is 7.49. The average Bonchev–Trinajstić information content (AvgIpc) is 2.49. The second-order valence-electron chi connectivity index (χ2n) is 4.43. The number of oxime groups is 1. The molecule has 0 unspecified atom stereocenters. The maximum absolute atomic E-state index is 11.6. The molecule has 0 heterocycles. The van der Waals surface area contributed by atoms with Crippen LogP contribution in [0, 0.1) is 0 Å². The highest BCUT2D eigenvalue weighted by Gasteiger charge is 2.02. The van der Waals surface area contributed by atoms with Gasteiger partial charge in [-0.2, -0.15) is 0 Å². The molecule has 0 aliphatic carbocycles. The van der Waals surface area contributed by atoms with E-state index in [0.717, 1.165) is 5.56 Å². The quantitative estimate of drug-likeness (QED) is 0.484. The molecule has 5 heteroatoms. The van der Waals surface area contributed by atoms with Crippen LogP contribution in [0.5, 0.6) is 0 Å². The monoisotopic (exact) mass is 283 g/mol. The average molecular weight is 283 g/mol. The van der Waals surface area contributed by atoms with Crippen molar-refractivity contribution >= 4 is 17.4 Å². The highest BCUT2D eigenvalue weighted by atomic mass is 16.6. The zero-order valence-corrected chi connectivity index (χ0v) is 11.5. The van der Waals surface area contributed by atoms with Crippen LogP contribution in [0.3, 0.4) is 0 Å². The molecule has 0 fully saturated rings. The third-order valence-electron chi connectivity index (χ3n) is 2.66. The minimum Gasteiger partial charge on any atom is -0.384 e. The normalized spacial score (nSPS) is 11.0. The molecule has 0 radical (unpaired) electrons. The van der Waals surface area contributed by atoms with Crippen LogP contribution in [0.1, 0.15) is 5.56 Å². The Balaban J connectivity index is 1.75. The van der Waals surface area contributed by atoms with Crippen molar-refractivity contribution in [3.63, 3.8) is 0 Å². The van der Waals surface area contributed by atoms with Crippen molar-refractivity contribution in [2.24, 2.45) is 10.9 Å². The number of hydrogen-bond donors (Lipinski definition) is 2. The highest BCUT2D eigenvalue weighted by molar-refractivity contribution is 5.91. The molecule has 0 aliphatic rings. The molecule has 2 aromatic carbocycles. The Labute approximate surface area is 123 Å². The first-order valence-electron chi connectivity index (χ1n) is 6.57. The van der Waals surface area contributed by atoms with E-state index in [4.69, 9.17) is 10.6 Å². The number of rotatable bonds is 6. The number of hydrogen-bond acceptors (Lipinski definition) is 3. The summed E-state index contributed by atoms with van der Waals surface area (Å²) >= 11 is 0. The molecule has 0 bridgehead atoms. The van der Waals surface area contributed by atoms with Gasteiger partial charge in [-0.3, -0.25) is 4.79 Å². The van der Waals surface area contributed by atoms with E-state index in [-0.39, 0.29) is 12.5 Å². The molecule has 5 nitrogen and oxygen atoms in total. The molecular weight excluding hydrogens is 266 g/mol. The van der Waals surface area contributed by atoms with Gasteiger partial charge >= 0.3 is 0 Å². The minimum atomic E-state index is -0.280. The number of carbonyl (C=O) groups excluding carboxylic acids is 1. The van der Waals surface area contributed by atoms with Crippen LogP contribution >= 0.6 is 0 Å². The predicted octanol–water partition coefficient (Wildman–Crippen LogP) is 2.16. The molecule has 0 atom stereocenters. The fourth-order valence-electron chi connectivity index (χ4n) is 1.73. The molecule has 0 spiro atoms. The van der Waals surface area contributed by atoms with Crippen molar-refractivity contribution in [1.82, 2.24) is 0 Å². The lowest BCUT2D eigenvalue weighted by Gasteiger charge is -2.04. The third-order valence-corrected chi connectivity index (χ3v) is 2.66. The van der Waals surface area contributed by atoms with E-state index in [9.17, 15) is 4.79 Å². The van der Waals surface area contributed by atoms with Crippen molar-refractivity contribution in [2.45, 2.75) is 6.42 Å². The molecule has 0 saturated carbocycles. The Kier molecular flexibility index (Phi) is 5.34. The predicted molar refractivity (Wildman–Crippen MR) is 82.8 cm³/mol. The Hall–Kier alpha value is -2.82. The lowest BCUT2D eigenvalue weighted by molar-refractivity contribution is -0.120. The zero-order valence-electron chi connectivity index (χ0n) is 11.5. The molecule has 1 amide bonds. The molecular formula is C16H17N3O2. The first-order valence-corrected chi connectivity index (χ1v) is 6.57. The largest absolute Gasteiger partial charge is 0.384 e. The van der Waals surface area contributed by atoms with Gasteiger partial charge in [-0.05, 0) is 17.7 Å². The van der Waals surface area contributed by atoms with Gasteiger partial charge in [-0.1, -0.05) is 53.7 Å². The van der Waals surface area contributed by atoms with Gasteiger partial charge < -0.3 is 15.9 Å². The van der Waals surface area contributed by atoms with Crippen LogP contribution in [0.4, 0.5) is 5.69 Å². The van der Waals surface area contributed by atoms with Gasteiger partial charge in [-0.15, -0.1) is 0 Å². The van der Waals surface area contributed by atoms with Crippen LogP contribution in [-0.4, -0.2) is 18.3 Å². The van der Waals surface area contributed by atoms with Crippen LogP contribution in [-0.2, 0) is 16.1 Å². The van der Waals surface area contributed by atoms with Crippen molar-refractivity contribution in [3.05, 3.63) is 66.2 Å². The van der Waals surface area contributed by atoms with Gasteiger partial charge in [-0.25, -0.2) is 0 Å². The molecule has 3 N–H and O–H groups in total. The molecule has 0 saturated heterocycles. The van der Waals surface area contributed by atoms with Crippen molar-refractivity contribution < 1.29 is 9.63 Å². The van der Waals surface area contributed by atoms with Crippen LogP contribution in [0.15, 0.2) is 65.8 Å². The topological polar surface area (TPSA) is 76.7 Å². The van der Waals surface area contributed by atoms with Gasteiger partial charge in [0.25, 0.3) is 5.91 Å². The maximum Gasteiger partial charge on any atom is 0.265 e. The van der Waals surface area contributed by atoms with Crippen LogP contribution in [0.2, 0.25) is 0 Å². The van der Waals surface area contributed by atoms with E-state index in [2.05, 4.69) is 10.5 Å². The summed E-state index contributed by atoms with van der Waals surface area (Å²) in [6.45, 7) is -0.176. The van der Waals surface area contributed by atoms with Gasteiger partial charge in [0.1, 0.15) is 5.84 Å². The van der Waals surface area contributed by atoms with Crippen molar-refractivity contribution in [3.8, 4) is 0 Å². The number of nitrogens with zero attached hydrogens (tertiary/aromatic N) is 1. The highest BCUT2D eigenvalue weighted by Crippen LogP contribution is 2.04. The number of carbonyl (C=O) groups is 1. The fourth-order valence-corrected chi connectivity index (χ4v) is 1.73. The summed E-state index contributed by atoms with van der Waals surface area (Å²) in [5.74, 6) is 0.0474. The van der Waals surface area contributed by atoms with Crippen molar-refractivity contribution in [2.75, 3.05) is 11.9 Å². The van der Waals surface area contributed by atoms with E-state index in [1.807, 2.05) is 48.5 Å². The summed E-state index contributed by atoms with van der Waals surface area (Å²) in [4.78, 5) is 16.6. The van der Waals surface area contributed by atoms with Gasteiger partial charge in [0.2, 0.25) is 0 Å². The number of anilines is 1. The molecule has 2 aromatic rings. The van der Waals surface area contributed by atoms with Gasteiger partial charge in [0, 0.05) is 12.1 Å². The third kappa shape index (κ3) is 5.36. The molecule has 2 rings (SSSR count). The van der Waals surface area contributed by atoms with E-state index in [1.54, 1.807) is 12.1 Å². The molecule has 21 heavy (non-hydrogen) atoms. The van der Waals surface area contributed by atoms with Gasteiger partial charge in [0.15, 0.2) is 6.61 Å². The lowest BCUT2D eigenvalue weighted by Crippen LogP contribution is -2.20. The maximum atomic E-state index is 11.6. The summed E-state index contributed by atoms with van der Waals surface area (Å²) < 4.78 is 0. The Morgan fingerprint density at radius 1 is 1.05 bits per heavy atom. The van der Waals surface area contributed by atoms with Crippen LogP contribution < -0.4 is 11.1 Å². The lowest BCUT2D eigenvalue weighted by atomic mass is 10.1. The number of nitrogens with two attached hydrogens (primary N) is 1. The SMILES string of the molecule is N/C(Cc1ccccc1)=N\OCC(=O)Nc1ccccc1. The summed E-state index contributed by atoms with van der Waals surface area (Å²) in [7, 11) is 0. The molecule has 108 valence electrons. The number of benzene rings is 2. The molecule has 0 aliphatic heterocycles. The Bertz CT molecular complexity index is 597. The smallest absolute Gasteiger partial charge is 0.265 e. The van der Waals surface area contributed by atoms with E-state index < -0.39 is 0 Å². The van der Waals surface area contributed by atoms with Crippen LogP contribution in [0.25, 0.3) is 0 Å². The van der Waals surface area contributed by atoms with E-state index >= 15 is 0 Å². The first-order chi connectivity index (χ1) is 10.2. The minimum absolute atomic E-state index is 0.176. The Morgan fingerprint density at radius 2 is 1.67 bits per heavy atom. The summed E-state index contributed by atoms with van der Waals surface area (Å²) in [6.07, 6.45) is 0.487. The van der Waals surface area contributed by atoms with Crippen molar-refractivity contribution in [1.29, 1.82) is 0 Å². The number of amides is 1. The Morgan fingerprint density at radius 3 is 2.33 bits per heavy atom. The first kappa shape index (κ1) is 14.6. The zero-order chi connectivity index (χ0) is 14.9. The number of para-hydroxylation sites is 1. The summed E-state index contributed by atoms with van der Waals surface area (Å²) in [6, 6.07) is 18.8. The molecule has 0 aromatic heterocycles. The van der Waals surface area contributed by atoms with E-state index in [0.29, 0.717) is 17.9 Å². The standard InChI is InChI=1S/C16H17N3O2/c17-15(11-13-7-3-1-4-8-13)19-21-12-16(20)18-14-9-5-2-6-10-14/h1-10H,11-12H2,(H2,17,19)(H,18,20). The number of amidine groups is 1. The second kappa shape index (κ2) is 7.69. The van der Waals surface area contributed by atoms with E-state index in [1.165, 1.54) is 0 Å². The van der Waals surface area contributed by atoms with Gasteiger partial charge in [0.05, 0.1) is 0 Å².